The molecule has 2 saturated heterocycles. The van der Waals surface area contributed by atoms with E-state index in [9.17, 15) is 26.0 Å². The fourth-order valence-electron chi connectivity index (χ4n) is 3.03. The molecule has 0 saturated carbocycles. The van der Waals surface area contributed by atoms with E-state index in [0.29, 0.717) is 31.3 Å². The molecule has 1 aromatic rings. The van der Waals surface area contributed by atoms with Crippen LogP contribution in [0.2, 0.25) is 0 Å². The van der Waals surface area contributed by atoms with E-state index in [1.807, 2.05) is 0 Å². The lowest BCUT2D eigenvalue weighted by molar-refractivity contribution is -0.137. The van der Waals surface area contributed by atoms with Crippen LogP contribution in [0.5, 0.6) is 0 Å². The van der Waals surface area contributed by atoms with Crippen molar-refractivity contribution in [2.45, 2.75) is 11.1 Å². The minimum Gasteiger partial charge on any atom is -0.316 e. The number of sulfonamides is 1. The molecule has 0 unspecified atom stereocenters. The second-order valence-corrected chi connectivity index (χ2v) is 7.55. The van der Waals surface area contributed by atoms with E-state index in [-0.39, 0.29) is 37.3 Å². The van der Waals surface area contributed by atoms with E-state index in [2.05, 4.69) is 5.32 Å². The van der Waals surface area contributed by atoms with Gasteiger partial charge >= 0.3 is 6.18 Å². The molecular weight excluding hydrogens is 360 g/mol. The van der Waals surface area contributed by atoms with E-state index in [1.165, 1.54) is 0 Å². The average molecular weight is 375 g/mol. The first-order valence-corrected chi connectivity index (χ1v) is 8.21. The lowest BCUT2D eigenvalue weighted by atomic mass is 10.0. The minimum atomic E-state index is -4.72. The molecule has 10 heteroatoms. The molecule has 130 valence electrons. The molecule has 0 aromatic heterocycles. The van der Waals surface area contributed by atoms with Crippen molar-refractivity contribution in [1.29, 1.82) is 0 Å². The van der Waals surface area contributed by atoms with Crippen LogP contribution >= 0.6 is 12.4 Å². The van der Waals surface area contributed by atoms with Gasteiger partial charge in [0.15, 0.2) is 0 Å². The summed E-state index contributed by atoms with van der Waals surface area (Å²) in [7, 11) is -4.26. The highest BCUT2D eigenvalue weighted by Gasteiger charge is 2.43. The normalized spacial score (nSPS) is 25.2. The molecule has 2 aliphatic rings. The summed E-state index contributed by atoms with van der Waals surface area (Å²) in [5.41, 5.74) is -1.17. The summed E-state index contributed by atoms with van der Waals surface area (Å²) in [6.45, 7) is 1.74. The van der Waals surface area contributed by atoms with Crippen LogP contribution in [0.15, 0.2) is 23.1 Å². The third-order valence-corrected chi connectivity index (χ3v) is 6.08. The molecular formula is C13H15ClF4N2O2S. The molecule has 0 radical (unpaired) electrons. The maximum Gasteiger partial charge on any atom is 0.416 e. The standard InChI is InChI=1S/C13H14F4N2O2S.ClH/c14-11-2-1-10(13(15,16)17)3-12(11)22(20,21)19-6-8-4-18-5-9(8)7-19;/h1-3,8-9,18H,4-7H2;1H/t8-,9+;. The van der Waals surface area contributed by atoms with Crippen molar-refractivity contribution < 1.29 is 26.0 Å². The van der Waals surface area contributed by atoms with Gasteiger partial charge < -0.3 is 5.32 Å². The Kier molecular flexibility index (Phi) is 4.97. The molecule has 2 fully saturated rings. The second kappa shape index (κ2) is 6.19. The topological polar surface area (TPSA) is 49.4 Å². The molecule has 1 N–H and O–H groups in total. The second-order valence-electron chi connectivity index (χ2n) is 5.64. The number of halogens is 5. The Hall–Kier alpha value is -0.900. The van der Waals surface area contributed by atoms with Crippen molar-refractivity contribution in [2.75, 3.05) is 26.2 Å². The molecule has 2 heterocycles. The Labute approximate surface area is 137 Å². The summed E-state index contributed by atoms with van der Waals surface area (Å²) in [6.07, 6.45) is -4.72. The van der Waals surface area contributed by atoms with Crippen LogP contribution in [0.25, 0.3) is 0 Å². The zero-order chi connectivity index (χ0) is 16.1. The van der Waals surface area contributed by atoms with Gasteiger partial charge in [0, 0.05) is 13.1 Å². The van der Waals surface area contributed by atoms with E-state index < -0.39 is 32.5 Å². The van der Waals surface area contributed by atoms with Crippen LogP contribution < -0.4 is 5.32 Å². The predicted molar refractivity (Wildman–Crippen MR) is 77.3 cm³/mol. The first-order valence-electron chi connectivity index (χ1n) is 6.77. The van der Waals surface area contributed by atoms with Crippen molar-refractivity contribution in [3.8, 4) is 0 Å². The number of fused-ring (bicyclic) bond motifs is 1. The first-order chi connectivity index (χ1) is 10.2. The number of hydrogen-bond acceptors (Lipinski definition) is 3. The summed E-state index contributed by atoms with van der Waals surface area (Å²) in [4.78, 5) is -0.907. The van der Waals surface area contributed by atoms with E-state index in [4.69, 9.17) is 0 Å². The van der Waals surface area contributed by atoms with Gasteiger partial charge in [-0.05, 0) is 43.1 Å². The SMILES string of the molecule is Cl.O=S(=O)(c1cc(C(F)(F)F)ccc1F)N1C[C@H]2CNC[C@H]2C1. The number of nitrogens with one attached hydrogen (secondary N) is 1. The third kappa shape index (κ3) is 3.33. The van der Waals surface area contributed by atoms with Crippen LogP contribution in [-0.4, -0.2) is 38.9 Å². The minimum absolute atomic E-state index is 0. The van der Waals surface area contributed by atoms with Gasteiger partial charge in [0.2, 0.25) is 10.0 Å². The maximum absolute atomic E-state index is 13.8. The molecule has 23 heavy (non-hydrogen) atoms. The molecule has 0 aliphatic carbocycles. The van der Waals surface area contributed by atoms with Crippen molar-refractivity contribution in [2.24, 2.45) is 11.8 Å². The maximum atomic E-state index is 13.8. The highest BCUT2D eigenvalue weighted by molar-refractivity contribution is 7.89. The van der Waals surface area contributed by atoms with Crippen LogP contribution in [-0.2, 0) is 16.2 Å². The molecule has 0 bridgehead atoms. The van der Waals surface area contributed by atoms with Crippen molar-refractivity contribution in [3.05, 3.63) is 29.6 Å². The van der Waals surface area contributed by atoms with Gasteiger partial charge in [-0.1, -0.05) is 0 Å². The van der Waals surface area contributed by atoms with Gasteiger partial charge in [0.25, 0.3) is 0 Å². The summed E-state index contributed by atoms with van der Waals surface area (Å²) in [5, 5.41) is 3.13. The lowest BCUT2D eigenvalue weighted by Gasteiger charge is -2.18. The Morgan fingerprint density at radius 3 is 2.22 bits per heavy atom. The molecule has 2 atom stereocenters. The van der Waals surface area contributed by atoms with Gasteiger partial charge in [0.05, 0.1) is 5.56 Å². The molecule has 2 aliphatic heterocycles. The number of nitrogens with zero attached hydrogens (tertiary/aromatic N) is 1. The summed E-state index contributed by atoms with van der Waals surface area (Å²) in [5.74, 6) is -0.907. The summed E-state index contributed by atoms with van der Waals surface area (Å²) < 4.78 is 78.0. The number of benzene rings is 1. The highest BCUT2D eigenvalue weighted by Crippen LogP contribution is 2.35. The van der Waals surface area contributed by atoms with Gasteiger partial charge in [-0.3, -0.25) is 0 Å². The largest absolute Gasteiger partial charge is 0.416 e. The Morgan fingerprint density at radius 2 is 1.70 bits per heavy atom. The zero-order valence-electron chi connectivity index (χ0n) is 11.8. The van der Waals surface area contributed by atoms with Gasteiger partial charge in [0.1, 0.15) is 10.7 Å². The third-order valence-electron chi connectivity index (χ3n) is 4.23. The fourth-order valence-corrected chi connectivity index (χ4v) is 4.67. The quantitative estimate of drug-likeness (QED) is 0.807. The van der Waals surface area contributed by atoms with Crippen molar-refractivity contribution in [3.63, 3.8) is 0 Å². The van der Waals surface area contributed by atoms with E-state index in [0.717, 1.165) is 4.31 Å². The first kappa shape index (κ1) is 18.4. The highest BCUT2D eigenvalue weighted by atomic mass is 35.5. The van der Waals surface area contributed by atoms with E-state index in [1.54, 1.807) is 0 Å². The molecule has 3 rings (SSSR count). The van der Waals surface area contributed by atoms with E-state index >= 15 is 0 Å². The van der Waals surface area contributed by atoms with Gasteiger partial charge in [-0.2, -0.15) is 17.5 Å². The molecule has 0 amide bonds. The van der Waals surface area contributed by atoms with Crippen molar-refractivity contribution >= 4 is 22.4 Å². The van der Waals surface area contributed by atoms with Crippen LogP contribution in [0.1, 0.15) is 5.56 Å². The number of hydrogen-bond donors (Lipinski definition) is 1. The van der Waals surface area contributed by atoms with Crippen LogP contribution in [0, 0.1) is 17.7 Å². The number of alkyl halides is 3. The van der Waals surface area contributed by atoms with Crippen LogP contribution in [0.4, 0.5) is 17.6 Å². The monoisotopic (exact) mass is 374 g/mol. The molecule has 1 aromatic carbocycles. The van der Waals surface area contributed by atoms with Crippen molar-refractivity contribution in [1.82, 2.24) is 9.62 Å². The average Bonchev–Trinajstić information content (AvgIpc) is 2.98. The fraction of sp³-hybridized carbons (Fsp3) is 0.538. The predicted octanol–water partition coefficient (Wildman–Crippen LogP) is 2.11. The van der Waals surface area contributed by atoms with Gasteiger partial charge in [-0.15, -0.1) is 12.4 Å². The molecule has 4 nitrogen and oxygen atoms in total. The Morgan fingerprint density at radius 1 is 1.13 bits per heavy atom. The smallest absolute Gasteiger partial charge is 0.316 e. The van der Waals surface area contributed by atoms with Gasteiger partial charge in [-0.25, -0.2) is 12.8 Å². The zero-order valence-corrected chi connectivity index (χ0v) is 13.4. The summed E-state index contributed by atoms with van der Waals surface area (Å²) in [6, 6.07) is 1.46. The van der Waals surface area contributed by atoms with Crippen LogP contribution in [0.3, 0.4) is 0 Å². The lowest BCUT2D eigenvalue weighted by Crippen LogP contribution is -2.32. The Bertz CT molecular complexity index is 684. The Balaban J connectivity index is 0.00000192. The number of rotatable bonds is 2. The summed E-state index contributed by atoms with van der Waals surface area (Å²) >= 11 is 0. The molecule has 0 spiro atoms.